The van der Waals surface area contributed by atoms with Crippen molar-refractivity contribution in [2.75, 3.05) is 6.61 Å². The fourth-order valence-electron chi connectivity index (χ4n) is 3.14. The molecule has 0 amide bonds. The maximum absolute atomic E-state index is 5.82. The van der Waals surface area contributed by atoms with Gasteiger partial charge in [-0.2, -0.15) is 0 Å². The summed E-state index contributed by atoms with van der Waals surface area (Å²) in [6.07, 6.45) is 9.01. The highest BCUT2D eigenvalue weighted by Gasteiger charge is 2.23. The Morgan fingerprint density at radius 1 is 1.15 bits per heavy atom. The zero-order chi connectivity index (χ0) is 14.2. The zero-order valence-corrected chi connectivity index (χ0v) is 12.6. The van der Waals surface area contributed by atoms with Gasteiger partial charge in [-0.3, -0.25) is 11.3 Å². The first-order valence-electron chi connectivity index (χ1n) is 8.04. The molecule has 1 saturated carbocycles. The van der Waals surface area contributed by atoms with Crippen LogP contribution < -0.4 is 16.0 Å². The van der Waals surface area contributed by atoms with Crippen LogP contribution >= 0.6 is 0 Å². The third kappa shape index (κ3) is 4.22. The highest BCUT2D eigenvalue weighted by Crippen LogP contribution is 2.33. The topological polar surface area (TPSA) is 47.3 Å². The van der Waals surface area contributed by atoms with Crippen LogP contribution in [0.1, 0.15) is 63.5 Å². The molecule has 0 aliphatic heterocycles. The third-order valence-electron chi connectivity index (χ3n) is 4.26. The molecule has 1 aromatic rings. The average Bonchev–Trinajstić information content (AvgIpc) is 2.76. The molecule has 3 N–H and O–H groups in total. The van der Waals surface area contributed by atoms with E-state index in [4.69, 9.17) is 10.6 Å². The Morgan fingerprint density at radius 2 is 1.80 bits per heavy atom. The van der Waals surface area contributed by atoms with Crippen LogP contribution in [0.2, 0.25) is 0 Å². The SMILES string of the molecule is CCCOc1ccc(C(NN)C2CCCCCC2)cc1. The molecule has 0 bridgehead atoms. The molecule has 1 fully saturated rings. The van der Waals surface area contributed by atoms with Crippen molar-refractivity contribution in [1.82, 2.24) is 5.43 Å². The molecule has 1 aliphatic carbocycles. The Balaban J connectivity index is 2.02. The second kappa shape index (κ2) is 8.28. The third-order valence-corrected chi connectivity index (χ3v) is 4.26. The van der Waals surface area contributed by atoms with E-state index in [2.05, 4.69) is 36.6 Å². The van der Waals surface area contributed by atoms with Crippen LogP contribution in [0.4, 0.5) is 0 Å². The van der Waals surface area contributed by atoms with E-state index < -0.39 is 0 Å². The summed E-state index contributed by atoms with van der Waals surface area (Å²) >= 11 is 0. The Kier molecular flexibility index (Phi) is 6.34. The quantitative estimate of drug-likeness (QED) is 0.470. The normalized spacial score (nSPS) is 18.5. The molecule has 3 heteroatoms. The van der Waals surface area contributed by atoms with Crippen LogP contribution in [0, 0.1) is 5.92 Å². The smallest absolute Gasteiger partial charge is 0.119 e. The van der Waals surface area contributed by atoms with E-state index in [0.29, 0.717) is 5.92 Å². The van der Waals surface area contributed by atoms with Crippen molar-refractivity contribution in [3.8, 4) is 5.75 Å². The molecular formula is C17H28N2O. The van der Waals surface area contributed by atoms with Crippen LogP contribution in [0.25, 0.3) is 0 Å². The lowest BCUT2D eigenvalue weighted by atomic mass is 9.87. The number of nitrogens with two attached hydrogens (primary N) is 1. The lowest BCUT2D eigenvalue weighted by molar-refractivity contribution is 0.315. The number of nitrogens with one attached hydrogen (secondary N) is 1. The zero-order valence-electron chi connectivity index (χ0n) is 12.6. The van der Waals surface area contributed by atoms with Crippen molar-refractivity contribution in [2.45, 2.75) is 57.9 Å². The minimum atomic E-state index is 0.272. The summed E-state index contributed by atoms with van der Waals surface area (Å²) in [5.41, 5.74) is 4.32. The van der Waals surface area contributed by atoms with E-state index in [1.165, 1.54) is 44.1 Å². The first kappa shape index (κ1) is 15.3. The van der Waals surface area contributed by atoms with Gasteiger partial charge >= 0.3 is 0 Å². The molecule has 0 saturated heterocycles. The van der Waals surface area contributed by atoms with Crippen LogP contribution in [0.15, 0.2) is 24.3 Å². The van der Waals surface area contributed by atoms with Crippen molar-refractivity contribution in [2.24, 2.45) is 11.8 Å². The molecule has 1 atom stereocenters. The molecule has 20 heavy (non-hydrogen) atoms. The molecule has 112 valence electrons. The summed E-state index contributed by atoms with van der Waals surface area (Å²) < 4.78 is 5.64. The Morgan fingerprint density at radius 3 is 2.35 bits per heavy atom. The van der Waals surface area contributed by atoms with Crippen molar-refractivity contribution in [3.05, 3.63) is 29.8 Å². The first-order valence-corrected chi connectivity index (χ1v) is 8.04. The molecular weight excluding hydrogens is 248 g/mol. The molecule has 3 nitrogen and oxygen atoms in total. The summed E-state index contributed by atoms with van der Waals surface area (Å²) in [4.78, 5) is 0. The Bertz CT molecular complexity index is 369. The van der Waals surface area contributed by atoms with Gasteiger partial charge in [-0.25, -0.2) is 0 Å². The van der Waals surface area contributed by atoms with Gasteiger partial charge in [-0.05, 0) is 42.9 Å². The van der Waals surface area contributed by atoms with Gasteiger partial charge in [0.2, 0.25) is 0 Å². The molecule has 0 radical (unpaired) electrons. The minimum absolute atomic E-state index is 0.272. The predicted molar refractivity (Wildman–Crippen MR) is 83.5 cm³/mol. The van der Waals surface area contributed by atoms with Gasteiger partial charge in [0.05, 0.1) is 6.61 Å². The van der Waals surface area contributed by atoms with Crippen molar-refractivity contribution in [1.29, 1.82) is 0 Å². The average molecular weight is 276 g/mol. The standard InChI is InChI=1S/C17H28N2O/c1-2-13-20-16-11-9-15(10-12-16)17(19-18)14-7-5-3-4-6-8-14/h9-12,14,17,19H,2-8,13,18H2,1H3. The molecule has 1 unspecified atom stereocenters. The van der Waals surface area contributed by atoms with Gasteiger partial charge in [-0.15, -0.1) is 0 Å². The monoisotopic (exact) mass is 276 g/mol. The number of hydrogen-bond donors (Lipinski definition) is 2. The number of hydrazine groups is 1. The molecule has 1 aliphatic rings. The molecule has 1 aromatic carbocycles. The van der Waals surface area contributed by atoms with Crippen LogP contribution in [-0.2, 0) is 0 Å². The summed E-state index contributed by atoms with van der Waals surface area (Å²) in [5, 5.41) is 0. The van der Waals surface area contributed by atoms with Gasteiger partial charge < -0.3 is 4.74 Å². The van der Waals surface area contributed by atoms with Gasteiger partial charge in [0, 0.05) is 6.04 Å². The van der Waals surface area contributed by atoms with Crippen LogP contribution in [0.3, 0.4) is 0 Å². The first-order chi connectivity index (χ1) is 9.85. The summed E-state index contributed by atoms with van der Waals surface area (Å²) in [7, 11) is 0. The minimum Gasteiger partial charge on any atom is -0.494 e. The van der Waals surface area contributed by atoms with E-state index in [1.807, 2.05) is 0 Å². The maximum Gasteiger partial charge on any atom is 0.119 e. The van der Waals surface area contributed by atoms with Crippen molar-refractivity contribution in [3.63, 3.8) is 0 Å². The number of rotatable bonds is 6. The van der Waals surface area contributed by atoms with E-state index in [0.717, 1.165) is 18.8 Å². The highest BCUT2D eigenvalue weighted by molar-refractivity contribution is 5.29. The highest BCUT2D eigenvalue weighted by atomic mass is 16.5. The number of hydrogen-bond acceptors (Lipinski definition) is 3. The van der Waals surface area contributed by atoms with E-state index >= 15 is 0 Å². The second-order valence-electron chi connectivity index (χ2n) is 5.81. The fraction of sp³-hybridized carbons (Fsp3) is 0.647. The van der Waals surface area contributed by atoms with Gasteiger partial charge in [0.1, 0.15) is 5.75 Å². The largest absolute Gasteiger partial charge is 0.494 e. The molecule has 0 spiro atoms. The summed E-state index contributed by atoms with van der Waals surface area (Å²) in [6.45, 7) is 2.90. The van der Waals surface area contributed by atoms with E-state index in [9.17, 15) is 0 Å². The molecule has 0 heterocycles. The maximum atomic E-state index is 5.82. The molecule has 2 rings (SSSR count). The lowest BCUT2D eigenvalue weighted by Gasteiger charge is -2.26. The van der Waals surface area contributed by atoms with E-state index in [1.54, 1.807) is 0 Å². The van der Waals surface area contributed by atoms with Gasteiger partial charge in [0.25, 0.3) is 0 Å². The van der Waals surface area contributed by atoms with Crippen molar-refractivity contribution >= 4 is 0 Å². The van der Waals surface area contributed by atoms with Gasteiger partial charge in [0.15, 0.2) is 0 Å². The number of ether oxygens (including phenoxy) is 1. The fourth-order valence-corrected chi connectivity index (χ4v) is 3.14. The summed E-state index contributed by atoms with van der Waals surface area (Å²) in [5.74, 6) is 7.43. The van der Waals surface area contributed by atoms with E-state index in [-0.39, 0.29) is 6.04 Å². The number of benzene rings is 1. The second-order valence-corrected chi connectivity index (χ2v) is 5.81. The molecule has 0 aromatic heterocycles. The van der Waals surface area contributed by atoms with Gasteiger partial charge in [-0.1, -0.05) is 44.7 Å². The Hall–Kier alpha value is -1.06. The summed E-state index contributed by atoms with van der Waals surface area (Å²) in [6, 6.07) is 8.70. The predicted octanol–water partition coefficient (Wildman–Crippen LogP) is 3.95. The lowest BCUT2D eigenvalue weighted by Crippen LogP contribution is -2.33. The van der Waals surface area contributed by atoms with Crippen molar-refractivity contribution < 1.29 is 4.74 Å². The Labute approximate surface area is 122 Å². The van der Waals surface area contributed by atoms with Crippen LogP contribution in [-0.4, -0.2) is 6.61 Å². The van der Waals surface area contributed by atoms with Crippen LogP contribution in [0.5, 0.6) is 5.75 Å².